The average molecular weight is 246 g/mol. The molecule has 3 N–H and O–H groups in total. The van der Waals surface area contributed by atoms with E-state index >= 15 is 0 Å². The Morgan fingerprint density at radius 1 is 1.33 bits per heavy atom. The number of carbonyl (C=O) groups is 1. The Hall–Kier alpha value is -1.35. The van der Waals surface area contributed by atoms with E-state index in [2.05, 4.69) is 17.4 Å². The van der Waals surface area contributed by atoms with Gasteiger partial charge in [-0.2, -0.15) is 0 Å². The summed E-state index contributed by atoms with van der Waals surface area (Å²) in [6.45, 7) is 6.49. The maximum Gasteiger partial charge on any atom is 0.230 e. The van der Waals surface area contributed by atoms with Crippen LogP contribution in [-0.4, -0.2) is 12.5 Å². The fourth-order valence-corrected chi connectivity index (χ4v) is 2.15. The molecule has 1 amide bonds. The molecule has 1 aromatic rings. The highest BCUT2D eigenvalue weighted by atomic mass is 16.2. The molecular weight excluding hydrogens is 224 g/mol. The largest absolute Gasteiger partial charge is 0.356 e. The number of likely N-dealkylation sites (N-methyl/N-ethyl adjacent to an activating group) is 1. The van der Waals surface area contributed by atoms with Gasteiger partial charge in [0.1, 0.15) is 0 Å². The number of benzene rings is 1. The van der Waals surface area contributed by atoms with Crippen LogP contribution in [0, 0.1) is 0 Å². The van der Waals surface area contributed by atoms with Crippen LogP contribution in [0.2, 0.25) is 0 Å². The summed E-state index contributed by atoms with van der Waals surface area (Å²) >= 11 is 0. The Morgan fingerprint density at radius 2 is 1.89 bits per heavy atom. The van der Waals surface area contributed by atoms with Crippen molar-refractivity contribution in [2.75, 3.05) is 6.54 Å². The number of hydrogen-bond donors (Lipinski definition) is 2. The smallest absolute Gasteiger partial charge is 0.230 e. The third kappa shape index (κ3) is 2.27. The zero-order chi connectivity index (χ0) is 13.4. The lowest BCUT2D eigenvalue weighted by molar-refractivity contribution is -0.125. The molecule has 3 nitrogen and oxygen atoms in total. The van der Waals surface area contributed by atoms with E-state index in [1.807, 2.05) is 32.9 Å². The Morgan fingerprint density at radius 3 is 2.33 bits per heavy atom. The molecule has 2 rings (SSSR count). The first kappa shape index (κ1) is 13.1. The molecule has 0 unspecified atom stereocenters. The van der Waals surface area contributed by atoms with Gasteiger partial charge in [0, 0.05) is 12.1 Å². The molecule has 0 aliphatic heterocycles. The van der Waals surface area contributed by atoms with Crippen molar-refractivity contribution in [2.24, 2.45) is 5.73 Å². The first-order valence-electron chi connectivity index (χ1n) is 6.58. The average Bonchev–Trinajstić information content (AvgIpc) is 3.09. The molecule has 0 spiro atoms. The van der Waals surface area contributed by atoms with Crippen LogP contribution in [0.3, 0.4) is 0 Å². The molecule has 1 saturated carbocycles. The summed E-state index contributed by atoms with van der Waals surface area (Å²) in [5.41, 5.74) is 7.76. The van der Waals surface area contributed by atoms with Crippen molar-refractivity contribution >= 4 is 5.91 Å². The molecule has 0 saturated heterocycles. The third-order valence-corrected chi connectivity index (χ3v) is 3.88. The predicted octanol–water partition coefficient (Wildman–Crippen LogP) is 2.05. The van der Waals surface area contributed by atoms with E-state index in [-0.39, 0.29) is 11.4 Å². The lowest BCUT2D eigenvalue weighted by Crippen LogP contribution is -2.39. The van der Waals surface area contributed by atoms with Gasteiger partial charge >= 0.3 is 0 Å². The number of rotatable bonds is 4. The molecule has 0 radical (unpaired) electrons. The molecule has 1 aliphatic rings. The maximum absolute atomic E-state index is 12.0. The molecular formula is C15H22N2O. The van der Waals surface area contributed by atoms with E-state index in [0.717, 1.165) is 18.4 Å². The number of amides is 1. The molecule has 1 fully saturated rings. The standard InChI is InChI=1S/C15H22N2O/c1-4-17-13(18)14(2,3)11-5-7-12(8-6-11)15(16)9-10-15/h5-8H,4,9-10,16H2,1-3H3,(H,17,18). The van der Waals surface area contributed by atoms with E-state index in [1.165, 1.54) is 5.56 Å². The van der Waals surface area contributed by atoms with Crippen LogP contribution in [0.25, 0.3) is 0 Å². The van der Waals surface area contributed by atoms with Gasteiger partial charge in [-0.1, -0.05) is 24.3 Å². The van der Waals surface area contributed by atoms with Gasteiger partial charge < -0.3 is 11.1 Å². The van der Waals surface area contributed by atoms with Crippen LogP contribution < -0.4 is 11.1 Å². The van der Waals surface area contributed by atoms with Gasteiger partial charge in [-0.3, -0.25) is 4.79 Å². The fourth-order valence-electron chi connectivity index (χ4n) is 2.15. The molecule has 0 bridgehead atoms. The minimum Gasteiger partial charge on any atom is -0.356 e. The Bertz CT molecular complexity index is 444. The van der Waals surface area contributed by atoms with Crippen LogP contribution >= 0.6 is 0 Å². The summed E-state index contributed by atoms with van der Waals surface area (Å²) in [6, 6.07) is 8.17. The van der Waals surface area contributed by atoms with Crippen molar-refractivity contribution in [1.29, 1.82) is 0 Å². The molecule has 0 aromatic heterocycles. The van der Waals surface area contributed by atoms with E-state index in [0.29, 0.717) is 6.54 Å². The normalized spacial score (nSPS) is 17.3. The van der Waals surface area contributed by atoms with Crippen molar-refractivity contribution in [3.05, 3.63) is 35.4 Å². The fraction of sp³-hybridized carbons (Fsp3) is 0.533. The number of nitrogens with two attached hydrogens (primary N) is 1. The zero-order valence-corrected chi connectivity index (χ0v) is 11.4. The lowest BCUT2D eigenvalue weighted by Gasteiger charge is -2.24. The highest BCUT2D eigenvalue weighted by Crippen LogP contribution is 2.42. The van der Waals surface area contributed by atoms with Gasteiger partial charge in [0.25, 0.3) is 0 Å². The topological polar surface area (TPSA) is 55.1 Å². The molecule has 0 heterocycles. The molecule has 18 heavy (non-hydrogen) atoms. The Labute approximate surface area is 109 Å². The third-order valence-electron chi connectivity index (χ3n) is 3.88. The van der Waals surface area contributed by atoms with Crippen LogP contribution in [0.15, 0.2) is 24.3 Å². The molecule has 3 heteroatoms. The Kier molecular flexibility index (Phi) is 3.20. The van der Waals surface area contributed by atoms with Gasteiger partial charge in [0.15, 0.2) is 0 Å². The first-order valence-corrected chi connectivity index (χ1v) is 6.58. The van der Waals surface area contributed by atoms with Gasteiger partial charge in [-0.25, -0.2) is 0 Å². The van der Waals surface area contributed by atoms with Crippen molar-refractivity contribution in [1.82, 2.24) is 5.32 Å². The maximum atomic E-state index is 12.0. The lowest BCUT2D eigenvalue weighted by atomic mass is 9.83. The molecule has 98 valence electrons. The van der Waals surface area contributed by atoms with Crippen LogP contribution in [0.1, 0.15) is 44.7 Å². The number of nitrogens with one attached hydrogen (secondary N) is 1. The summed E-state index contributed by atoms with van der Waals surface area (Å²) in [7, 11) is 0. The second kappa shape index (κ2) is 4.39. The predicted molar refractivity (Wildman–Crippen MR) is 73.3 cm³/mol. The van der Waals surface area contributed by atoms with Crippen LogP contribution in [0.5, 0.6) is 0 Å². The van der Waals surface area contributed by atoms with E-state index in [1.54, 1.807) is 0 Å². The van der Waals surface area contributed by atoms with Gasteiger partial charge in [-0.15, -0.1) is 0 Å². The highest BCUT2D eigenvalue weighted by Gasteiger charge is 2.40. The summed E-state index contributed by atoms with van der Waals surface area (Å²) in [6.07, 6.45) is 2.12. The minimum atomic E-state index is -0.500. The summed E-state index contributed by atoms with van der Waals surface area (Å²) < 4.78 is 0. The number of carbonyl (C=O) groups excluding carboxylic acids is 1. The summed E-state index contributed by atoms with van der Waals surface area (Å²) in [5, 5.41) is 2.88. The van der Waals surface area contributed by atoms with Crippen LogP contribution in [0.4, 0.5) is 0 Å². The monoisotopic (exact) mass is 246 g/mol. The van der Waals surface area contributed by atoms with Crippen LogP contribution in [-0.2, 0) is 15.7 Å². The summed E-state index contributed by atoms with van der Waals surface area (Å²) in [5.74, 6) is 0.0617. The van der Waals surface area contributed by atoms with Crippen molar-refractivity contribution in [2.45, 2.75) is 44.6 Å². The molecule has 0 atom stereocenters. The van der Waals surface area contributed by atoms with Gasteiger partial charge in [0.05, 0.1) is 5.41 Å². The second-order valence-electron chi connectivity index (χ2n) is 5.72. The highest BCUT2D eigenvalue weighted by molar-refractivity contribution is 5.87. The van der Waals surface area contributed by atoms with Gasteiger partial charge in [-0.05, 0) is 44.7 Å². The van der Waals surface area contributed by atoms with E-state index < -0.39 is 5.41 Å². The Balaban J connectivity index is 2.20. The minimum absolute atomic E-state index is 0.0617. The summed E-state index contributed by atoms with van der Waals surface area (Å²) in [4.78, 5) is 12.0. The second-order valence-corrected chi connectivity index (χ2v) is 5.72. The van der Waals surface area contributed by atoms with Crippen molar-refractivity contribution in [3.8, 4) is 0 Å². The first-order chi connectivity index (χ1) is 8.40. The van der Waals surface area contributed by atoms with Crippen molar-refractivity contribution < 1.29 is 4.79 Å². The van der Waals surface area contributed by atoms with Crippen molar-refractivity contribution in [3.63, 3.8) is 0 Å². The molecule has 1 aliphatic carbocycles. The number of hydrogen-bond acceptors (Lipinski definition) is 2. The van der Waals surface area contributed by atoms with E-state index in [4.69, 9.17) is 5.73 Å². The SMILES string of the molecule is CCNC(=O)C(C)(C)c1ccc(C2(N)CC2)cc1. The quantitative estimate of drug-likeness (QED) is 0.854. The zero-order valence-electron chi connectivity index (χ0n) is 11.4. The molecule has 1 aromatic carbocycles. The van der Waals surface area contributed by atoms with Gasteiger partial charge in [0.2, 0.25) is 5.91 Å². The van der Waals surface area contributed by atoms with E-state index in [9.17, 15) is 4.79 Å².